The van der Waals surface area contributed by atoms with Gasteiger partial charge in [-0.1, -0.05) is 23.7 Å². The van der Waals surface area contributed by atoms with Gasteiger partial charge in [-0.2, -0.15) is 4.39 Å². The molecule has 1 N–H and O–H groups in total. The van der Waals surface area contributed by atoms with Crippen LogP contribution in [0, 0.1) is 17.5 Å². The van der Waals surface area contributed by atoms with Crippen molar-refractivity contribution >= 4 is 23.2 Å². The first-order chi connectivity index (χ1) is 12.9. The minimum absolute atomic E-state index is 0.00893. The summed E-state index contributed by atoms with van der Waals surface area (Å²) in [7, 11) is 0. The second kappa shape index (κ2) is 8.09. The molecule has 2 aromatic carbocycles. The highest BCUT2D eigenvalue weighted by atomic mass is 35.5. The third-order valence-corrected chi connectivity index (χ3v) is 3.90. The van der Waals surface area contributed by atoms with Crippen molar-refractivity contribution < 1.29 is 22.7 Å². The van der Waals surface area contributed by atoms with E-state index >= 15 is 0 Å². The van der Waals surface area contributed by atoms with Crippen molar-refractivity contribution in [3.8, 4) is 11.6 Å². The van der Waals surface area contributed by atoms with Crippen molar-refractivity contribution in [2.75, 3.05) is 5.32 Å². The molecule has 3 aromatic rings. The molecule has 0 aliphatic rings. The van der Waals surface area contributed by atoms with Gasteiger partial charge in [-0.3, -0.25) is 4.79 Å². The average molecular weight is 393 g/mol. The summed E-state index contributed by atoms with van der Waals surface area (Å²) >= 11 is 5.89. The Morgan fingerprint density at radius 3 is 2.48 bits per heavy atom. The van der Waals surface area contributed by atoms with Gasteiger partial charge in [0.1, 0.15) is 5.82 Å². The molecule has 27 heavy (non-hydrogen) atoms. The van der Waals surface area contributed by atoms with Crippen molar-refractivity contribution in [1.29, 1.82) is 0 Å². The number of nitrogens with zero attached hydrogens (tertiary/aromatic N) is 1. The molecule has 0 bridgehead atoms. The Kier molecular flexibility index (Phi) is 5.61. The molecular formula is C19H12ClF3N2O2. The molecule has 0 fully saturated rings. The number of rotatable bonds is 5. The molecular weight excluding hydrogens is 381 g/mol. The van der Waals surface area contributed by atoms with E-state index in [0.29, 0.717) is 5.69 Å². The Labute approximate surface area is 157 Å². The zero-order chi connectivity index (χ0) is 19.4. The van der Waals surface area contributed by atoms with E-state index in [9.17, 15) is 18.0 Å². The molecule has 1 heterocycles. The Hall–Kier alpha value is -3.06. The number of benzene rings is 2. The smallest absolute Gasteiger partial charge is 0.229 e. The molecule has 8 heteroatoms. The highest BCUT2D eigenvalue weighted by molar-refractivity contribution is 6.31. The van der Waals surface area contributed by atoms with Crippen LogP contribution in [-0.4, -0.2) is 10.9 Å². The fourth-order valence-electron chi connectivity index (χ4n) is 2.26. The first-order valence-corrected chi connectivity index (χ1v) is 8.12. The first kappa shape index (κ1) is 18.7. The number of hydrogen-bond donors (Lipinski definition) is 1. The van der Waals surface area contributed by atoms with E-state index in [0.717, 1.165) is 6.07 Å². The molecule has 0 aliphatic heterocycles. The Morgan fingerprint density at radius 1 is 1.04 bits per heavy atom. The van der Waals surface area contributed by atoms with E-state index in [1.54, 1.807) is 0 Å². The van der Waals surface area contributed by atoms with Gasteiger partial charge in [-0.15, -0.1) is 0 Å². The lowest BCUT2D eigenvalue weighted by Crippen LogP contribution is -2.15. The summed E-state index contributed by atoms with van der Waals surface area (Å²) in [6.07, 6.45) is 1.02. The monoisotopic (exact) mass is 392 g/mol. The summed E-state index contributed by atoms with van der Waals surface area (Å²) in [5, 5.41) is 2.70. The number of carbonyl (C=O) groups is 1. The Balaban J connectivity index is 1.65. The Bertz CT molecular complexity index is 961. The molecule has 138 valence electrons. The summed E-state index contributed by atoms with van der Waals surface area (Å²) in [5.74, 6) is -3.53. The van der Waals surface area contributed by atoms with Gasteiger partial charge < -0.3 is 10.1 Å². The predicted octanol–water partition coefficient (Wildman–Crippen LogP) is 5.13. The molecule has 0 saturated carbocycles. The van der Waals surface area contributed by atoms with Gasteiger partial charge in [-0.05, 0) is 30.3 Å². The van der Waals surface area contributed by atoms with E-state index in [1.165, 1.54) is 48.7 Å². The third kappa shape index (κ3) is 4.57. The average Bonchev–Trinajstić information content (AvgIpc) is 2.64. The van der Waals surface area contributed by atoms with Crippen molar-refractivity contribution in [1.82, 2.24) is 4.98 Å². The number of hydrogen-bond acceptors (Lipinski definition) is 3. The molecule has 0 spiro atoms. The summed E-state index contributed by atoms with van der Waals surface area (Å²) in [6, 6.07) is 10.5. The number of pyridine rings is 1. The quantitative estimate of drug-likeness (QED) is 0.655. The topological polar surface area (TPSA) is 51.2 Å². The number of carbonyl (C=O) groups excluding carboxylic acids is 1. The molecule has 0 unspecified atom stereocenters. The van der Waals surface area contributed by atoms with Crippen molar-refractivity contribution in [3.05, 3.63) is 82.8 Å². The van der Waals surface area contributed by atoms with Crippen molar-refractivity contribution in [2.45, 2.75) is 6.42 Å². The van der Waals surface area contributed by atoms with Gasteiger partial charge in [0.2, 0.25) is 17.6 Å². The number of aromatic nitrogens is 1. The highest BCUT2D eigenvalue weighted by Crippen LogP contribution is 2.25. The SMILES string of the molecule is O=C(Cc1c(F)cccc1Cl)Nc1ccc(Oc2cccc(F)c2F)nc1. The van der Waals surface area contributed by atoms with Crippen molar-refractivity contribution in [3.63, 3.8) is 0 Å². The number of anilines is 1. The molecule has 0 saturated heterocycles. The molecule has 1 aromatic heterocycles. The van der Waals surface area contributed by atoms with Gasteiger partial charge >= 0.3 is 0 Å². The molecule has 3 rings (SSSR count). The maximum Gasteiger partial charge on any atom is 0.229 e. The zero-order valence-electron chi connectivity index (χ0n) is 13.7. The van der Waals surface area contributed by atoms with E-state index in [-0.39, 0.29) is 28.6 Å². The van der Waals surface area contributed by atoms with Gasteiger partial charge in [0.15, 0.2) is 11.6 Å². The van der Waals surface area contributed by atoms with Crippen LogP contribution in [0.5, 0.6) is 11.6 Å². The lowest BCUT2D eigenvalue weighted by atomic mass is 10.1. The van der Waals surface area contributed by atoms with Crippen LogP contribution in [0.2, 0.25) is 5.02 Å². The van der Waals surface area contributed by atoms with E-state index in [2.05, 4.69) is 10.3 Å². The normalized spacial score (nSPS) is 10.5. The fraction of sp³-hybridized carbons (Fsp3) is 0.0526. The molecule has 0 aliphatic carbocycles. The second-order valence-electron chi connectivity index (χ2n) is 5.46. The zero-order valence-corrected chi connectivity index (χ0v) is 14.4. The molecule has 1 amide bonds. The third-order valence-electron chi connectivity index (χ3n) is 3.55. The van der Waals surface area contributed by atoms with E-state index < -0.39 is 23.4 Å². The highest BCUT2D eigenvalue weighted by Gasteiger charge is 2.13. The van der Waals surface area contributed by atoms with Gasteiger partial charge in [0, 0.05) is 16.7 Å². The van der Waals surface area contributed by atoms with Crippen LogP contribution in [0.1, 0.15) is 5.56 Å². The van der Waals surface area contributed by atoms with Crippen LogP contribution < -0.4 is 10.1 Å². The lowest BCUT2D eigenvalue weighted by Gasteiger charge is -2.09. The van der Waals surface area contributed by atoms with Gasteiger partial charge in [0.05, 0.1) is 18.3 Å². The lowest BCUT2D eigenvalue weighted by molar-refractivity contribution is -0.115. The van der Waals surface area contributed by atoms with Crippen molar-refractivity contribution in [2.24, 2.45) is 0 Å². The van der Waals surface area contributed by atoms with Crippen LogP contribution in [0.25, 0.3) is 0 Å². The van der Waals surface area contributed by atoms with Crippen LogP contribution in [-0.2, 0) is 11.2 Å². The van der Waals surface area contributed by atoms with Crippen LogP contribution in [0.15, 0.2) is 54.7 Å². The number of amides is 1. The number of nitrogens with one attached hydrogen (secondary N) is 1. The maximum atomic E-state index is 13.7. The minimum atomic E-state index is -1.13. The van der Waals surface area contributed by atoms with Gasteiger partial charge in [-0.25, -0.2) is 13.8 Å². The van der Waals surface area contributed by atoms with E-state index in [4.69, 9.17) is 16.3 Å². The van der Waals surface area contributed by atoms with Crippen LogP contribution in [0.3, 0.4) is 0 Å². The van der Waals surface area contributed by atoms with Crippen LogP contribution in [0.4, 0.5) is 18.9 Å². The minimum Gasteiger partial charge on any atom is -0.436 e. The molecule has 4 nitrogen and oxygen atoms in total. The standard InChI is InChI=1S/C19H12ClF3N2O2/c20-13-3-1-4-14(21)12(13)9-17(26)25-11-7-8-18(24-10-11)27-16-6-2-5-15(22)19(16)23/h1-8,10H,9H2,(H,25,26). The maximum absolute atomic E-state index is 13.7. The number of halogens is 4. The van der Waals surface area contributed by atoms with E-state index in [1.807, 2.05) is 0 Å². The summed E-state index contributed by atoms with van der Waals surface area (Å²) < 4.78 is 45.6. The second-order valence-corrected chi connectivity index (χ2v) is 5.87. The summed E-state index contributed by atoms with van der Waals surface area (Å²) in [4.78, 5) is 16.0. The predicted molar refractivity (Wildman–Crippen MR) is 94.4 cm³/mol. The molecule has 0 atom stereocenters. The summed E-state index contributed by atoms with van der Waals surface area (Å²) in [6.45, 7) is 0. The van der Waals surface area contributed by atoms with Gasteiger partial charge in [0.25, 0.3) is 0 Å². The fourth-order valence-corrected chi connectivity index (χ4v) is 2.49. The number of ether oxygens (including phenoxy) is 1. The first-order valence-electron chi connectivity index (χ1n) is 7.74. The van der Waals surface area contributed by atoms with Crippen LogP contribution >= 0.6 is 11.6 Å². The summed E-state index contributed by atoms with van der Waals surface area (Å²) in [5.41, 5.74) is 0.408. The Morgan fingerprint density at radius 2 is 1.78 bits per heavy atom. The molecule has 0 radical (unpaired) electrons. The largest absolute Gasteiger partial charge is 0.436 e.